The van der Waals surface area contributed by atoms with Crippen molar-refractivity contribution in [2.45, 2.75) is 33.1 Å². The molecule has 0 fully saturated rings. The van der Waals surface area contributed by atoms with Crippen LogP contribution in [0.4, 0.5) is 5.69 Å². The molecule has 2 aromatic rings. The highest BCUT2D eigenvalue weighted by atomic mass is 32.1. The number of thiophene rings is 1. The van der Waals surface area contributed by atoms with Gasteiger partial charge in [0.25, 0.3) is 0 Å². The molecule has 2 N–H and O–H groups in total. The second-order valence-electron chi connectivity index (χ2n) is 4.60. The van der Waals surface area contributed by atoms with Crippen LogP contribution in [0.1, 0.15) is 39.8 Å². The van der Waals surface area contributed by atoms with Crippen LogP contribution in [0.2, 0.25) is 0 Å². The molecule has 0 bridgehead atoms. The van der Waals surface area contributed by atoms with Gasteiger partial charge in [0.15, 0.2) is 5.78 Å². The van der Waals surface area contributed by atoms with Gasteiger partial charge in [-0.25, -0.2) is 4.98 Å². The summed E-state index contributed by atoms with van der Waals surface area (Å²) in [4.78, 5) is 17.7. The van der Waals surface area contributed by atoms with Crippen LogP contribution in [0.25, 0.3) is 10.2 Å². The second kappa shape index (κ2) is 3.53. The van der Waals surface area contributed by atoms with Crippen molar-refractivity contribution in [1.82, 2.24) is 4.98 Å². The number of fused-ring (bicyclic) bond motifs is 2. The highest BCUT2D eigenvalue weighted by molar-refractivity contribution is 7.21. The Morgan fingerprint density at radius 2 is 2.18 bits per heavy atom. The number of rotatable bonds is 1. The fourth-order valence-corrected chi connectivity index (χ4v) is 3.73. The molecule has 3 rings (SSSR count). The van der Waals surface area contributed by atoms with Gasteiger partial charge in [-0.1, -0.05) is 0 Å². The van der Waals surface area contributed by atoms with Crippen molar-refractivity contribution >= 4 is 33.0 Å². The topological polar surface area (TPSA) is 56.0 Å². The molecule has 0 saturated heterocycles. The van der Waals surface area contributed by atoms with E-state index in [1.165, 1.54) is 34.6 Å². The van der Waals surface area contributed by atoms with E-state index in [2.05, 4.69) is 11.9 Å². The fraction of sp³-hybridized carbons (Fsp3) is 0.385. The van der Waals surface area contributed by atoms with E-state index in [0.717, 1.165) is 23.1 Å². The lowest BCUT2D eigenvalue weighted by molar-refractivity contribution is 0.102. The van der Waals surface area contributed by atoms with Crippen LogP contribution in [-0.2, 0) is 12.8 Å². The van der Waals surface area contributed by atoms with Gasteiger partial charge in [-0.15, -0.1) is 11.3 Å². The predicted octanol–water partition coefficient (Wildman–Crippen LogP) is 2.88. The van der Waals surface area contributed by atoms with E-state index in [4.69, 9.17) is 5.73 Å². The van der Waals surface area contributed by atoms with Gasteiger partial charge in [-0.3, -0.25) is 4.79 Å². The Hall–Kier alpha value is -1.42. The zero-order valence-electron chi connectivity index (χ0n) is 9.96. The first-order valence-electron chi connectivity index (χ1n) is 5.81. The molecule has 0 unspecified atom stereocenters. The standard InChI is InChI=1S/C13H14N2OS/c1-6-8-4-3-5-9(8)15-13-10(6)11(14)12(17-13)7(2)16/h3-5,14H2,1-2H3. The lowest BCUT2D eigenvalue weighted by atomic mass is 10.0. The molecule has 0 radical (unpaired) electrons. The smallest absolute Gasteiger partial charge is 0.171 e. The molecule has 0 atom stereocenters. The number of hydrogen-bond donors (Lipinski definition) is 1. The summed E-state index contributed by atoms with van der Waals surface area (Å²) in [6.07, 6.45) is 3.33. The fourth-order valence-electron chi connectivity index (χ4n) is 2.66. The minimum absolute atomic E-state index is 0.0325. The normalized spacial score (nSPS) is 14.2. The summed E-state index contributed by atoms with van der Waals surface area (Å²) in [7, 11) is 0. The van der Waals surface area contributed by atoms with Crippen molar-refractivity contribution in [2.75, 3.05) is 5.73 Å². The number of aryl methyl sites for hydroxylation is 2. The zero-order valence-corrected chi connectivity index (χ0v) is 10.8. The molecule has 2 heterocycles. The molecule has 3 nitrogen and oxygen atoms in total. The van der Waals surface area contributed by atoms with Crippen molar-refractivity contribution in [3.63, 3.8) is 0 Å². The molecule has 0 amide bonds. The Kier molecular flexibility index (Phi) is 2.23. The van der Waals surface area contributed by atoms with Gasteiger partial charge in [0.2, 0.25) is 0 Å². The zero-order chi connectivity index (χ0) is 12.2. The summed E-state index contributed by atoms with van der Waals surface area (Å²) in [6, 6.07) is 0. The van der Waals surface area contributed by atoms with E-state index < -0.39 is 0 Å². The van der Waals surface area contributed by atoms with Crippen molar-refractivity contribution < 1.29 is 4.79 Å². The number of ketones is 1. The van der Waals surface area contributed by atoms with Gasteiger partial charge in [0, 0.05) is 18.0 Å². The van der Waals surface area contributed by atoms with E-state index in [-0.39, 0.29) is 5.78 Å². The number of hydrogen-bond acceptors (Lipinski definition) is 4. The summed E-state index contributed by atoms with van der Waals surface area (Å²) < 4.78 is 0. The van der Waals surface area contributed by atoms with Gasteiger partial charge in [-0.2, -0.15) is 0 Å². The van der Waals surface area contributed by atoms with Crippen LogP contribution in [0.5, 0.6) is 0 Å². The van der Waals surface area contributed by atoms with Crippen molar-refractivity contribution in [3.05, 3.63) is 21.7 Å². The monoisotopic (exact) mass is 246 g/mol. The Labute approximate surface area is 104 Å². The number of nitrogens with two attached hydrogens (primary N) is 1. The molecule has 1 aliphatic rings. The second-order valence-corrected chi connectivity index (χ2v) is 5.60. The molecule has 0 aliphatic heterocycles. The maximum absolute atomic E-state index is 11.5. The maximum atomic E-state index is 11.5. The summed E-state index contributed by atoms with van der Waals surface area (Å²) in [5, 5.41) is 1.00. The number of nitrogens with zero attached hydrogens (tertiary/aromatic N) is 1. The average Bonchev–Trinajstić information content (AvgIpc) is 2.84. The van der Waals surface area contributed by atoms with E-state index in [1.54, 1.807) is 6.92 Å². The maximum Gasteiger partial charge on any atom is 0.171 e. The SMILES string of the molecule is CC(=O)c1sc2nc3c(c(C)c2c1N)CCC3. The third-order valence-corrected chi connectivity index (χ3v) is 4.70. The molecule has 88 valence electrons. The van der Waals surface area contributed by atoms with E-state index in [1.807, 2.05) is 0 Å². The van der Waals surface area contributed by atoms with Crippen molar-refractivity contribution in [2.24, 2.45) is 0 Å². The summed E-state index contributed by atoms with van der Waals surface area (Å²) in [6.45, 7) is 3.66. The number of Topliss-reactive ketones (excluding diaryl/α,β-unsaturated/α-hetero) is 1. The van der Waals surface area contributed by atoms with Crippen LogP contribution in [0, 0.1) is 6.92 Å². The van der Waals surface area contributed by atoms with Gasteiger partial charge in [-0.05, 0) is 37.3 Å². The molecule has 2 aromatic heterocycles. The summed E-state index contributed by atoms with van der Waals surface area (Å²) in [5.41, 5.74) is 10.5. The minimum atomic E-state index is 0.0325. The Morgan fingerprint density at radius 3 is 2.88 bits per heavy atom. The molecule has 17 heavy (non-hydrogen) atoms. The molecule has 0 spiro atoms. The van der Waals surface area contributed by atoms with Crippen LogP contribution in [0.15, 0.2) is 0 Å². The first-order valence-corrected chi connectivity index (χ1v) is 6.62. The molecule has 4 heteroatoms. The van der Waals surface area contributed by atoms with Gasteiger partial charge < -0.3 is 5.73 Å². The van der Waals surface area contributed by atoms with Crippen molar-refractivity contribution in [3.8, 4) is 0 Å². The Bertz CT molecular complexity index is 643. The number of pyridine rings is 1. The third kappa shape index (κ3) is 1.40. The van der Waals surface area contributed by atoms with Crippen molar-refractivity contribution in [1.29, 1.82) is 0 Å². The van der Waals surface area contributed by atoms with Crippen LogP contribution < -0.4 is 5.73 Å². The van der Waals surface area contributed by atoms with Gasteiger partial charge >= 0.3 is 0 Å². The number of anilines is 1. The predicted molar refractivity (Wildman–Crippen MR) is 70.8 cm³/mol. The number of carbonyl (C=O) groups is 1. The van der Waals surface area contributed by atoms with Gasteiger partial charge in [0.1, 0.15) is 4.83 Å². The Morgan fingerprint density at radius 1 is 1.41 bits per heavy atom. The van der Waals surface area contributed by atoms with Gasteiger partial charge in [0.05, 0.1) is 10.6 Å². The van der Waals surface area contributed by atoms with E-state index in [9.17, 15) is 4.79 Å². The molecule has 0 saturated carbocycles. The number of carbonyl (C=O) groups excluding carboxylic acids is 1. The largest absolute Gasteiger partial charge is 0.397 e. The van der Waals surface area contributed by atoms with E-state index >= 15 is 0 Å². The van der Waals surface area contributed by atoms with Crippen LogP contribution in [-0.4, -0.2) is 10.8 Å². The molecular weight excluding hydrogens is 232 g/mol. The average molecular weight is 246 g/mol. The van der Waals surface area contributed by atoms with Crippen LogP contribution in [0.3, 0.4) is 0 Å². The Balaban J connectivity index is 2.40. The molecular formula is C13H14N2OS. The summed E-state index contributed by atoms with van der Waals surface area (Å²) in [5.74, 6) is 0.0325. The lowest BCUT2D eigenvalue weighted by Crippen LogP contribution is -1.97. The van der Waals surface area contributed by atoms with Crippen LogP contribution >= 0.6 is 11.3 Å². The highest BCUT2D eigenvalue weighted by Gasteiger charge is 2.22. The lowest BCUT2D eigenvalue weighted by Gasteiger charge is -2.05. The van der Waals surface area contributed by atoms with E-state index in [0.29, 0.717) is 10.6 Å². The quantitative estimate of drug-likeness (QED) is 0.787. The highest BCUT2D eigenvalue weighted by Crippen LogP contribution is 2.38. The first-order chi connectivity index (χ1) is 8.09. The molecule has 0 aromatic carbocycles. The molecule has 1 aliphatic carbocycles. The minimum Gasteiger partial charge on any atom is -0.397 e. The summed E-state index contributed by atoms with van der Waals surface area (Å²) >= 11 is 1.43. The number of nitrogen functional groups attached to an aromatic ring is 1. The number of aromatic nitrogens is 1. The third-order valence-electron chi connectivity index (χ3n) is 3.50. The first kappa shape index (κ1) is 10.7.